The third-order valence-corrected chi connectivity index (χ3v) is 1.77. The van der Waals surface area contributed by atoms with E-state index in [9.17, 15) is 0 Å². The van der Waals surface area contributed by atoms with Crippen LogP contribution in [0.1, 0.15) is 6.92 Å². The minimum atomic E-state index is 0.824. The van der Waals surface area contributed by atoms with Gasteiger partial charge in [-0.3, -0.25) is 0 Å². The normalized spacial score (nSPS) is 10.4. The number of hydrogen-bond acceptors (Lipinski definition) is 0. The molecule has 1 nitrogen and oxygen atoms in total. The van der Waals surface area contributed by atoms with Gasteiger partial charge in [0.15, 0.2) is 18.9 Å². The number of allylic oxidation sites excluding steroid dienone is 4. The van der Waals surface area contributed by atoms with Crippen LogP contribution in [0, 0.1) is 0 Å². The van der Waals surface area contributed by atoms with Crippen molar-refractivity contribution in [3.8, 4) is 0 Å². The van der Waals surface area contributed by atoms with Crippen molar-refractivity contribution < 1.29 is 4.57 Å². The molecule has 1 heteroatoms. The van der Waals surface area contributed by atoms with Gasteiger partial charge in [-0.2, -0.15) is 0 Å². The third kappa shape index (κ3) is 3.85. The van der Waals surface area contributed by atoms with E-state index in [-0.39, 0.29) is 0 Å². The quantitative estimate of drug-likeness (QED) is 0.503. The Morgan fingerprint density at radius 2 is 1.79 bits per heavy atom. The second-order valence-electron chi connectivity index (χ2n) is 3.39. The van der Waals surface area contributed by atoms with Crippen molar-refractivity contribution in [1.82, 2.24) is 0 Å². The fourth-order valence-electron chi connectivity index (χ4n) is 1.09. The van der Waals surface area contributed by atoms with E-state index in [0.717, 1.165) is 17.7 Å². The second kappa shape index (κ2) is 5.18. The van der Waals surface area contributed by atoms with Crippen LogP contribution in [0.15, 0.2) is 67.0 Å². The van der Waals surface area contributed by atoms with E-state index >= 15 is 0 Å². The van der Waals surface area contributed by atoms with E-state index < -0.39 is 0 Å². The topological polar surface area (TPSA) is 3.88 Å². The fraction of sp³-hybridized carbons (Fsp3) is 0.154. The van der Waals surface area contributed by atoms with Gasteiger partial charge in [-0.05, 0) is 6.92 Å². The Morgan fingerprint density at radius 1 is 1.14 bits per heavy atom. The first-order chi connectivity index (χ1) is 6.68. The molecule has 0 saturated carbocycles. The zero-order valence-corrected chi connectivity index (χ0v) is 8.61. The molecule has 1 aromatic heterocycles. The molecule has 0 aromatic carbocycles. The van der Waals surface area contributed by atoms with E-state index in [1.807, 2.05) is 49.7 Å². The molecular formula is C13H16N+. The average Bonchev–Trinajstić information content (AvgIpc) is 2.16. The molecule has 72 valence electrons. The highest BCUT2D eigenvalue weighted by Crippen LogP contribution is 1.97. The van der Waals surface area contributed by atoms with E-state index in [0.29, 0.717) is 0 Å². The van der Waals surface area contributed by atoms with Crippen molar-refractivity contribution in [3.63, 3.8) is 0 Å². The summed E-state index contributed by atoms with van der Waals surface area (Å²) in [6.07, 6.45) is 8.04. The molecule has 0 aliphatic rings. The predicted molar refractivity (Wildman–Crippen MR) is 59.7 cm³/mol. The lowest BCUT2D eigenvalue weighted by molar-refractivity contribution is -0.688. The molecule has 0 fully saturated rings. The minimum absolute atomic E-state index is 0.824. The highest BCUT2D eigenvalue weighted by atomic mass is 14.9. The molecule has 0 amide bonds. The van der Waals surface area contributed by atoms with Gasteiger partial charge in [0.05, 0.1) is 0 Å². The summed E-state index contributed by atoms with van der Waals surface area (Å²) in [7, 11) is 0. The van der Waals surface area contributed by atoms with Gasteiger partial charge in [0.2, 0.25) is 0 Å². The van der Waals surface area contributed by atoms with Gasteiger partial charge in [0.25, 0.3) is 0 Å². The van der Waals surface area contributed by atoms with Crippen LogP contribution >= 0.6 is 0 Å². The predicted octanol–water partition coefficient (Wildman–Crippen LogP) is 2.66. The summed E-state index contributed by atoms with van der Waals surface area (Å²) in [6, 6.07) is 6.02. The highest BCUT2D eigenvalue weighted by Gasteiger charge is 1.97. The zero-order valence-electron chi connectivity index (χ0n) is 8.61. The molecule has 0 saturated heterocycles. The molecular weight excluding hydrogens is 170 g/mol. The van der Waals surface area contributed by atoms with Gasteiger partial charge < -0.3 is 0 Å². The Balaban J connectivity index is 2.54. The summed E-state index contributed by atoms with van der Waals surface area (Å²) < 4.78 is 2.09. The molecule has 0 radical (unpaired) electrons. The molecule has 1 heterocycles. The smallest absolute Gasteiger partial charge is 0.173 e. The first-order valence-electron chi connectivity index (χ1n) is 4.64. The van der Waals surface area contributed by atoms with Gasteiger partial charge in [0, 0.05) is 17.7 Å². The van der Waals surface area contributed by atoms with Crippen LogP contribution in [-0.2, 0) is 6.54 Å². The van der Waals surface area contributed by atoms with E-state index in [4.69, 9.17) is 0 Å². The maximum Gasteiger partial charge on any atom is 0.173 e. The fourth-order valence-corrected chi connectivity index (χ4v) is 1.09. The molecule has 14 heavy (non-hydrogen) atoms. The summed E-state index contributed by atoms with van der Waals surface area (Å²) >= 11 is 0. The van der Waals surface area contributed by atoms with Gasteiger partial charge in [-0.25, -0.2) is 4.57 Å². The van der Waals surface area contributed by atoms with Gasteiger partial charge >= 0.3 is 0 Å². The third-order valence-electron chi connectivity index (χ3n) is 1.77. The number of aromatic nitrogens is 1. The van der Waals surface area contributed by atoms with Crippen molar-refractivity contribution in [2.24, 2.45) is 0 Å². The second-order valence-corrected chi connectivity index (χ2v) is 3.39. The molecule has 1 aromatic rings. The maximum absolute atomic E-state index is 3.97. The molecule has 0 N–H and O–H groups in total. The molecule has 0 aliphatic carbocycles. The van der Waals surface area contributed by atoms with Crippen LogP contribution < -0.4 is 4.57 Å². The first kappa shape index (κ1) is 10.5. The Labute approximate surface area is 85.7 Å². The molecule has 0 atom stereocenters. The molecule has 1 rings (SSSR count). The van der Waals surface area contributed by atoms with Crippen molar-refractivity contribution in [2.75, 3.05) is 0 Å². The molecule has 0 bridgehead atoms. The van der Waals surface area contributed by atoms with Crippen molar-refractivity contribution in [3.05, 3.63) is 67.0 Å². The van der Waals surface area contributed by atoms with Gasteiger partial charge in [-0.15, -0.1) is 0 Å². The summed E-state index contributed by atoms with van der Waals surface area (Å²) in [5, 5.41) is 0. The van der Waals surface area contributed by atoms with Crippen LogP contribution in [-0.4, -0.2) is 0 Å². The van der Waals surface area contributed by atoms with Crippen molar-refractivity contribution in [1.29, 1.82) is 0 Å². The van der Waals surface area contributed by atoms with Crippen molar-refractivity contribution >= 4 is 0 Å². The Morgan fingerprint density at radius 3 is 2.36 bits per heavy atom. The summed E-state index contributed by atoms with van der Waals surface area (Å²) in [4.78, 5) is 0. The van der Waals surface area contributed by atoms with Crippen LogP contribution in [0.25, 0.3) is 0 Å². The zero-order chi connectivity index (χ0) is 10.4. The monoisotopic (exact) mass is 186 g/mol. The lowest BCUT2D eigenvalue weighted by Gasteiger charge is -1.95. The Hall–Kier alpha value is -1.63. The molecule has 0 unspecified atom stereocenters. The number of nitrogens with zero attached hydrogens (tertiary/aromatic N) is 1. The van der Waals surface area contributed by atoms with E-state index in [2.05, 4.69) is 17.7 Å². The first-order valence-corrected chi connectivity index (χ1v) is 4.64. The van der Waals surface area contributed by atoms with Gasteiger partial charge in [0.1, 0.15) is 0 Å². The summed E-state index contributed by atoms with van der Waals surface area (Å²) in [6.45, 7) is 10.6. The SMILES string of the molecule is C=C(C)/C=C\C(=C)C[n+]1ccccc1. The standard InChI is InChI=1S/C13H16N/c1-12(2)7-8-13(3)11-14-9-5-4-6-10-14/h4-10H,1,3,11H2,2H3/q+1/b8-7-. The molecule has 0 aliphatic heterocycles. The Bertz CT molecular complexity index is 347. The van der Waals surface area contributed by atoms with Crippen LogP contribution in [0.3, 0.4) is 0 Å². The van der Waals surface area contributed by atoms with Gasteiger partial charge in [-0.1, -0.05) is 36.9 Å². The summed E-state index contributed by atoms with van der Waals surface area (Å²) in [5.41, 5.74) is 2.12. The maximum atomic E-state index is 3.97. The number of hydrogen-bond donors (Lipinski definition) is 0. The van der Waals surface area contributed by atoms with E-state index in [1.54, 1.807) is 0 Å². The van der Waals surface area contributed by atoms with Crippen molar-refractivity contribution in [2.45, 2.75) is 13.5 Å². The van der Waals surface area contributed by atoms with E-state index in [1.165, 1.54) is 0 Å². The lowest BCUT2D eigenvalue weighted by Crippen LogP contribution is -2.32. The van der Waals surface area contributed by atoms with Crippen LogP contribution in [0.2, 0.25) is 0 Å². The molecule has 0 spiro atoms. The highest BCUT2D eigenvalue weighted by molar-refractivity contribution is 5.21. The largest absolute Gasteiger partial charge is 0.201 e. The van der Waals surface area contributed by atoms with Crippen LogP contribution in [0.4, 0.5) is 0 Å². The average molecular weight is 186 g/mol. The van der Waals surface area contributed by atoms with Crippen LogP contribution in [0.5, 0.6) is 0 Å². The minimum Gasteiger partial charge on any atom is -0.201 e. The summed E-state index contributed by atoms with van der Waals surface area (Å²) in [5.74, 6) is 0. The number of pyridine rings is 1. The lowest BCUT2D eigenvalue weighted by atomic mass is 10.2. The Kier molecular flexibility index (Phi) is 3.86. The number of rotatable bonds is 4.